The van der Waals surface area contributed by atoms with Crippen LogP contribution in [0.1, 0.15) is 24.1 Å². The summed E-state index contributed by atoms with van der Waals surface area (Å²) >= 11 is 0. The van der Waals surface area contributed by atoms with E-state index < -0.39 is 0 Å². The molecular weight excluding hydrogens is 200 g/mol. The summed E-state index contributed by atoms with van der Waals surface area (Å²) < 4.78 is 1.85. The monoisotopic (exact) mass is 216 g/mol. The van der Waals surface area contributed by atoms with Crippen LogP contribution in [0.5, 0.6) is 0 Å². The summed E-state index contributed by atoms with van der Waals surface area (Å²) in [5.74, 6) is 0.425. The zero-order valence-electron chi connectivity index (χ0n) is 9.37. The second-order valence-electron chi connectivity index (χ2n) is 3.95. The summed E-state index contributed by atoms with van der Waals surface area (Å²) in [6.45, 7) is 3.45. The second kappa shape index (κ2) is 4.90. The summed E-state index contributed by atoms with van der Waals surface area (Å²) in [5.41, 5.74) is 7.64. The van der Waals surface area contributed by atoms with E-state index in [0.717, 1.165) is 12.2 Å². The van der Waals surface area contributed by atoms with Gasteiger partial charge in [-0.15, -0.1) is 5.10 Å². The van der Waals surface area contributed by atoms with E-state index in [1.807, 2.05) is 16.9 Å². The predicted molar refractivity (Wildman–Crippen MR) is 62.8 cm³/mol. The molecule has 2 aromatic rings. The molecule has 0 radical (unpaired) electrons. The van der Waals surface area contributed by atoms with Gasteiger partial charge in [0.15, 0.2) is 0 Å². The zero-order chi connectivity index (χ0) is 11.4. The summed E-state index contributed by atoms with van der Waals surface area (Å²) in [6.07, 6.45) is 1.90. The molecule has 0 aliphatic rings. The van der Waals surface area contributed by atoms with Crippen molar-refractivity contribution in [3.05, 3.63) is 47.8 Å². The minimum atomic E-state index is 0.425. The fraction of sp³-hybridized carbons (Fsp3) is 0.333. The van der Waals surface area contributed by atoms with Crippen molar-refractivity contribution in [1.29, 1.82) is 0 Å². The van der Waals surface area contributed by atoms with Crippen molar-refractivity contribution in [1.82, 2.24) is 15.0 Å². The van der Waals surface area contributed by atoms with Crippen LogP contribution in [-0.2, 0) is 13.1 Å². The molecular formula is C12H16N4. The van der Waals surface area contributed by atoms with Crippen molar-refractivity contribution in [2.45, 2.75) is 25.9 Å². The molecule has 1 aromatic heterocycles. The maximum atomic E-state index is 5.49. The lowest BCUT2D eigenvalue weighted by Gasteiger charge is -2.10. The number of hydrogen-bond acceptors (Lipinski definition) is 3. The first-order valence-corrected chi connectivity index (χ1v) is 5.43. The van der Waals surface area contributed by atoms with Crippen molar-refractivity contribution < 1.29 is 0 Å². The normalized spacial score (nSPS) is 12.6. The minimum absolute atomic E-state index is 0.425. The molecule has 1 unspecified atom stereocenters. The van der Waals surface area contributed by atoms with Crippen molar-refractivity contribution in [2.24, 2.45) is 5.73 Å². The fourth-order valence-corrected chi connectivity index (χ4v) is 1.69. The smallest absolute Gasteiger partial charge is 0.0962 e. The molecule has 84 valence electrons. The van der Waals surface area contributed by atoms with E-state index in [1.54, 1.807) is 0 Å². The highest BCUT2D eigenvalue weighted by atomic mass is 15.4. The standard InChI is InChI=1S/C12H16N4/c1-10(11-5-3-2-4-6-11)8-16-9-12(7-13)14-15-16/h2-6,9-10H,7-8,13H2,1H3. The first kappa shape index (κ1) is 10.8. The highest BCUT2D eigenvalue weighted by molar-refractivity contribution is 5.18. The molecule has 2 N–H and O–H groups in total. The predicted octanol–water partition coefficient (Wildman–Crippen LogP) is 1.54. The molecule has 1 atom stereocenters. The van der Waals surface area contributed by atoms with Gasteiger partial charge in [0.05, 0.1) is 5.69 Å². The molecule has 0 amide bonds. The van der Waals surface area contributed by atoms with Crippen molar-refractivity contribution >= 4 is 0 Å². The molecule has 16 heavy (non-hydrogen) atoms. The maximum Gasteiger partial charge on any atom is 0.0962 e. The topological polar surface area (TPSA) is 56.7 Å². The van der Waals surface area contributed by atoms with Crippen LogP contribution < -0.4 is 5.73 Å². The van der Waals surface area contributed by atoms with Gasteiger partial charge in [-0.1, -0.05) is 42.5 Å². The average Bonchev–Trinajstić information content (AvgIpc) is 2.78. The van der Waals surface area contributed by atoms with Crippen LogP contribution in [0.2, 0.25) is 0 Å². The van der Waals surface area contributed by atoms with E-state index in [-0.39, 0.29) is 0 Å². The molecule has 0 saturated carbocycles. The van der Waals surface area contributed by atoms with E-state index in [0.29, 0.717) is 12.5 Å². The lowest BCUT2D eigenvalue weighted by Crippen LogP contribution is -2.06. The van der Waals surface area contributed by atoms with Crippen molar-refractivity contribution in [3.63, 3.8) is 0 Å². The van der Waals surface area contributed by atoms with Crippen LogP contribution in [0, 0.1) is 0 Å². The van der Waals surface area contributed by atoms with Crippen LogP contribution >= 0.6 is 0 Å². The molecule has 2 rings (SSSR count). The number of nitrogens with zero attached hydrogens (tertiary/aromatic N) is 3. The van der Waals surface area contributed by atoms with E-state index in [2.05, 4.69) is 41.5 Å². The fourth-order valence-electron chi connectivity index (χ4n) is 1.69. The Labute approximate surface area is 95.1 Å². The summed E-state index contributed by atoms with van der Waals surface area (Å²) in [5, 5.41) is 8.01. The van der Waals surface area contributed by atoms with Crippen LogP contribution in [0.25, 0.3) is 0 Å². The largest absolute Gasteiger partial charge is 0.325 e. The molecule has 0 fully saturated rings. The SMILES string of the molecule is CC(Cn1cc(CN)nn1)c1ccccc1. The molecule has 4 heteroatoms. The average molecular weight is 216 g/mol. The molecule has 1 aromatic carbocycles. The lowest BCUT2D eigenvalue weighted by atomic mass is 10.0. The minimum Gasteiger partial charge on any atom is -0.325 e. The second-order valence-corrected chi connectivity index (χ2v) is 3.95. The third-order valence-electron chi connectivity index (χ3n) is 2.62. The molecule has 0 aliphatic heterocycles. The van der Waals surface area contributed by atoms with Gasteiger partial charge in [-0.2, -0.15) is 0 Å². The number of rotatable bonds is 4. The van der Waals surface area contributed by atoms with Gasteiger partial charge >= 0.3 is 0 Å². The molecule has 4 nitrogen and oxygen atoms in total. The van der Waals surface area contributed by atoms with Crippen LogP contribution in [0.4, 0.5) is 0 Å². The molecule has 1 heterocycles. The maximum absolute atomic E-state index is 5.49. The van der Waals surface area contributed by atoms with E-state index in [9.17, 15) is 0 Å². The van der Waals surface area contributed by atoms with Gasteiger partial charge in [-0.05, 0) is 5.56 Å². The highest BCUT2D eigenvalue weighted by Gasteiger charge is 2.07. The number of hydrogen-bond donors (Lipinski definition) is 1. The van der Waals surface area contributed by atoms with Crippen LogP contribution in [0.15, 0.2) is 36.5 Å². The molecule has 0 spiro atoms. The van der Waals surface area contributed by atoms with Gasteiger partial charge in [-0.25, -0.2) is 0 Å². The zero-order valence-corrected chi connectivity index (χ0v) is 9.37. The van der Waals surface area contributed by atoms with Crippen LogP contribution in [-0.4, -0.2) is 15.0 Å². The summed E-state index contributed by atoms with van der Waals surface area (Å²) in [6, 6.07) is 10.4. The van der Waals surface area contributed by atoms with Crippen molar-refractivity contribution in [2.75, 3.05) is 0 Å². The number of benzene rings is 1. The third kappa shape index (κ3) is 2.46. The summed E-state index contributed by atoms with van der Waals surface area (Å²) in [4.78, 5) is 0. The lowest BCUT2D eigenvalue weighted by molar-refractivity contribution is 0.527. The van der Waals surface area contributed by atoms with E-state index in [4.69, 9.17) is 5.73 Å². The Balaban J connectivity index is 2.05. The van der Waals surface area contributed by atoms with Gasteiger partial charge in [0.1, 0.15) is 0 Å². The van der Waals surface area contributed by atoms with Gasteiger partial charge in [-0.3, -0.25) is 4.68 Å². The first-order chi connectivity index (χ1) is 7.79. The van der Waals surface area contributed by atoms with Crippen molar-refractivity contribution in [3.8, 4) is 0 Å². The Hall–Kier alpha value is -1.68. The third-order valence-corrected chi connectivity index (χ3v) is 2.62. The molecule has 0 saturated heterocycles. The van der Waals surface area contributed by atoms with Crippen LogP contribution in [0.3, 0.4) is 0 Å². The molecule has 0 bridgehead atoms. The highest BCUT2D eigenvalue weighted by Crippen LogP contribution is 2.16. The van der Waals surface area contributed by atoms with Gasteiger partial charge < -0.3 is 5.73 Å². The van der Waals surface area contributed by atoms with Gasteiger partial charge in [0.2, 0.25) is 0 Å². The van der Waals surface area contributed by atoms with Gasteiger partial charge in [0.25, 0.3) is 0 Å². The Morgan fingerprint density at radius 1 is 1.31 bits per heavy atom. The van der Waals surface area contributed by atoms with E-state index >= 15 is 0 Å². The Bertz CT molecular complexity index is 435. The van der Waals surface area contributed by atoms with E-state index in [1.165, 1.54) is 5.56 Å². The number of aromatic nitrogens is 3. The summed E-state index contributed by atoms with van der Waals surface area (Å²) in [7, 11) is 0. The quantitative estimate of drug-likeness (QED) is 0.843. The Morgan fingerprint density at radius 3 is 2.69 bits per heavy atom. The Morgan fingerprint density at radius 2 is 2.06 bits per heavy atom. The number of nitrogens with two attached hydrogens (primary N) is 1. The Kier molecular flexibility index (Phi) is 3.31. The van der Waals surface area contributed by atoms with Gasteiger partial charge in [0, 0.05) is 25.2 Å². The first-order valence-electron chi connectivity index (χ1n) is 5.43. The molecule has 0 aliphatic carbocycles.